The van der Waals surface area contributed by atoms with Gasteiger partial charge < -0.3 is 20.2 Å². The van der Waals surface area contributed by atoms with E-state index in [9.17, 15) is 5.11 Å². The van der Waals surface area contributed by atoms with E-state index in [4.69, 9.17) is 0 Å². The fraction of sp³-hybridized carbons (Fsp3) is 1.00. The van der Waals surface area contributed by atoms with Crippen molar-refractivity contribution in [2.45, 2.75) is 64.1 Å². The molecule has 2 atom stereocenters. The van der Waals surface area contributed by atoms with Crippen LogP contribution >= 0.6 is 0 Å². The van der Waals surface area contributed by atoms with Gasteiger partial charge in [-0.05, 0) is 53.4 Å². The number of rotatable bonds is 9. The summed E-state index contributed by atoms with van der Waals surface area (Å²) >= 11 is 0. The molecular formula is C16H35N3O. The van der Waals surface area contributed by atoms with Gasteiger partial charge in [-0.3, -0.25) is 0 Å². The fourth-order valence-corrected chi connectivity index (χ4v) is 3.18. The van der Waals surface area contributed by atoms with Crippen molar-refractivity contribution in [2.24, 2.45) is 0 Å². The zero-order valence-corrected chi connectivity index (χ0v) is 14.2. The van der Waals surface area contributed by atoms with E-state index in [0.29, 0.717) is 6.04 Å². The second kappa shape index (κ2) is 8.32. The Balaban J connectivity index is 2.18. The number of aliphatic hydroxyl groups is 1. The van der Waals surface area contributed by atoms with E-state index in [1.54, 1.807) is 0 Å². The lowest BCUT2D eigenvalue weighted by Crippen LogP contribution is -2.49. The molecule has 1 fully saturated rings. The van der Waals surface area contributed by atoms with Crippen molar-refractivity contribution in [1.29, 1.82) is 0 Å². The van der Waals surface area contributed by atoms with Gasteiger partial charge in [-0.1, -0.05) is 20.3 Å². The summed E-state index contributed by atoms with van der Waals surface area (Å²) < 4.78 is 0. The molecule has 1 rings (SSSR count). The second-order valence-electron chi connectivity index (χ2n) is 7.18. The largest absolute Gasteiger partial charge is 0.394 e. The quantitative estimate of drug-likeness (QED) is 0.630. The van der Waals surface area contributed by atoms with Crippen molar-refractivity contribution >= 4 is 0 Å². The molecule has 2 unspecified atom stereocenters. The van der Waals surface area contributed by atoms with Crippen molar-refractivity contribution in [1.82, 2.24) is 15.1 Å². The van der Waals surface area contributed by atoms with Gasteiger partial charge in [0.05, 0.1) is 6.61 Å². The third-order valence-electron chi connectivity index (χ3n) is 4.42. The molecule has 120 valence electrons. The average molecular weight is 285 g/mol. The lowest BCUT2D eigenvalue weighted by molar-refractivity contribution is 0.152. The first kappa shape index (κ1) is 17.9. The molecule has 0 spiro atoms. The zero-order valence-electron chi connectivity index (χ0n) is 14.2. The second-order valence-corrected chi connectivity index (χ2v) is 7.18. The summed E-state index contributed by atoms with van der Waals surface area (Å²) in [5.74, 6) is 0. The summed E-state index contributed by atoms with van der Waals surface area (Å²) in [5.41, 5.74) is -0.120. The van der Waals surface area contributed by atoms with Gasteiger partial charge in [-0.2, -0.15) is 0 Å². The molecule has 1 aliphatic rings. The average Bonchev–Trinajstić information content (AvgIpc) is 2.83. The molecule has 0 saturated carbocycles. The monoisotopic (exact) mass is 285 g/mol. The third-order valence-corrected chi connectivity index (χ3v) is 4.42. The normalized spacial score (nSPS) is 23.7. The summed E-state index contributed by atoms with van der Waals surface area (Å²) in [6.45, 7) is 10.3. The summed E-state index contributed by atoms with van der Waals surface area (Å²) in [5, 5.41) is 13.0. The molecule has 0 aromatic heterocycles. The van der Waals surface area contributed by atoms with E-state index < -0.39 is 0 Å². The maximum Gasteiger partial charge on any atom is 0.0610 e. The topological polar surface area (TPSA) is 38.7 Å². The van der Waals surface area contributed by atoms with Crippen LogP contribution in [0.4, 0.5) is 0 Å². The van der Waals surface area contributed by atoms with Crippen molar-refractivity contribution in [3.05, 3.63) is 0 Å². The number of likely N-dealkylation sites (N-methyl/N-ethyl adjacent to an activating group) is 1. The predicted molar refractivity (Wildman–Crippen MR) is 86.1 cm³/mol. The van der Waals surface area contributed by atoms with E-state index >= 15 is 0 Å². The molecule has 1 heterocycles. The first-order chi connectivity index (χ1) is 9.36. The minimum atomic E-state index is -0.120. The van der Waals surface area contributed by atoms with Crippen molar-refractivity contribution in [3.63, 3.8) is 0 Å². The molecule has 0 aromatic rings. The van der Waals surface area contributed by atoms with Crippen molar-refractivity contribution < 1.29 is 5.11 Å². The van der Waals surface area contributed by atoms with Gasteiger partial charge in [-0.25, -0.2) is 0 Å². The molecule has 0 aromatic carbocycles. The number of hydrogen-bond donors (Lipinski definition) is 2. The van der Waals surface area contributed by atoms with Gasteiger partial charge in [0.1, 0.15) is 0 Å². The standard InChI is InChI=1S/C16H35N3O/c1-14(2)17-16(3,13-20)9-6-7-10-19-11-8-15(12-19)18(4)5/h14-15,17,20H,6-13H2,1-5H3. The first-order valence-corrected chi connectivity index (χ1v) is 8.13. The Morgan fingerprint density at radius 3 is 2.55 bits per heavy atom. The van der Waals surface area contributed by atoms with Crippen LogP contribution in [0, 0.1) is 0 Å². The summed E-state index contributed by atoms with van der Waals surface area (Å²) in [7, 11) is 4.36. The molecule has 1 saturated heterocycles. The van der Waals surface area contributed by atoms with Crippen LogP contribution in [0.25, 0.3) is 0 Å². The highest BCUT2D eigenvalue weighted by Crippen LogP contribution is 2.17. The number of hydrogen-bond acceptors (Lipinski definition) is 4. The Morgan fingerprint density at radius 1 is 1.35 bits per heavy atom. The maximum absolute atomic E-state index is 9.56. The fourth-order valence-electron chi connectivity index (χ4n) is 3.18. The molecule has 0 amide bonds. The van der Waals surface area contributed by atoms with Crippen LogP contribution in [0.15, 0.2) is 0 Å². The minimum Gasteiger partial charge on any atom is -0.394 e. The van der Waals surface area contributed by atoms with Gasteiger partial charge in [0, 0.05) is 24.2 Å². The minimum absolute atomic E-state index is 0.120. The number of nitrogens with zero attached hydrogens (tertiary/aromatic N) is 2. The molecule has 0 radical (unpaired) electrons. The smallest absolute Gasteiger partial charge is 0.0610 e. The van der Waals surface area contributed by atoms with Crippen molar-refractivity contribution in [2.75, 3.05) is 40.3 Å². The van der Waals surface area contributed by atoms with E-state index in [-0.39, 0.29) is 12.1 Å². The van der Waals surface area contributed by atoms with Crippen LogP contribution in [0.1, 0.15) is 46.5 Å². The van der Waals surface area contributed by atoms with Gasteiger partial charge in [0.15, 0.2) is 0 Å². The zero-order chi connectivity index (χ0) is 15.2. The van der Waals surface area contributed by atoms with E-state index in [1.165, 1.54) is 38.9 Å². The Kier molecular flexibility index (Phi) is 7.45. The van der Waals surface area contributed by atoms with Gasteiger partial charge in [0.2, 0.25) is 0 Å². The molecular weight excluding hydrogens is 250 g/mol. The third kappa shape index (κ3) is 6.08. The summed E-state index contributed by atoms with van der Waals surface area (Å²) in [6, 6.07) is 1.16. The molecule has 1 aliphatic heterocycles. The highest BCUT2D eigenvalue weighted by molar-refractivity contribution is 4.84. The molecule has 20 heavy (non-hydrogen) atoms. The van der Waals surface area contributed by atoms with Crippen LogP contribution < -0.4 is 5.32 Å². The SMILES string of the molecule is CC(C)NC(C)(CO)CCCCN1CCC(N(C)C)C1. The summed E-state index contributed by atoms with van der Waals surface area (Å²) in [4.78, 5) is 4.92. The maximum atomic E-state index is 9.56. The Bertz CT molecular complexity index is 270. The first-order valence-electron chi connectivity index (χ1n) is 8.13. The van der Waals surface area contributed by atoms with Crippen molar-refractivity contribution in [3.8, 4) is 0 Å². The van der Waals surface area contributed by atoms with E-state index in [0.717, 1.165) is 12.5 Å². The number of nitrogens with one attached hydrogen (secondary N) is 1. The molecule has 2 N–H and O–H groups in total. The number of unbranched alkanes of at least 4 members (excludes halogenated alkanes) is 1. The molecule has 0 aliphatic carbocycles. The van der Waals surface area contributed by atoms with Crippen LogP contribution in [0.3, 0.4) is 0 Å². The Hall–Kier alpha value is -0.160. The van der Waals surface area contributed by atoms with E-state index in [2.05, 4.69) is 50.0 Å². The summed E-state index contributed by atoms with van der Waals surface area (Å²) in [6.07, 6.45) is 4.76. The van der Waals surface area contributed by atoms with Crippen LogP contribution in [-0.4, -0.2) is 72.9 Å². The highest BCUT2D eigenvalue weighted by atomic mass is 16.3. The van der Waals surface area contributed by atoms with Gasteiger partial charge >= 0.3 is 0 Å². The van der Waals surface area contributed by atoms with Gasteiger partial charge in [-0.15, -0.1) is 0 Å². The predicted octanol–water partition coefficient (Wildman–Crippen LogP) is 1.54. The highest BCUT2D eigenvalue weighted by Gasteiger charge is 2.25. The lowest BCUT2D eigenvalue weighted by Gasteiger charge is -2.31. The lowest BCUT2D eigenvalue weighted by atomic mass is 9.95. The molecule has 4 nitrogen and oxygen atoms in total. The molecule has 0 bridgehead atoms. The van der Waals surface area contributed by atoms with Gasteiger partial charge in [0.25, 0.3) is 0 Å². The van der Waals surface area contributed by atoms with Crippen LogP contribution in [0.2, 0.25) is 0 Å². The van der Waals surface area contributed by atoms with Crippen LogP contribution in [0.5, 0.6) is 0 Å². The Labute approximate surface area is 125 Å². The molecule has 4 heteroatoms. The van der Waals surface area contributed by atoms with E-state index in [1.807, 2.05) is 0 Å². The number of likely N-dealkylation sites (tertiary alicyclic amines) is 1. The van der Waals surface area contributed by atoms with Crippen LogP contribution in [-0.2, 0) is 0 Å². The number of aliphatic hydroxyl groups excluding tert-OH is 1. The Morgan fingerprint density at radius 2 is 2.05 bits per heavy atom.